The summed E-state index contributed by atoms with van der Waals surface area (Å²) >= 11 is 0. The summed E-state index contributed by atoms with van der Waals surface area (Å²) < 4.78 is 16.8. The molecule has 2 heterocycles. The van der Waals surface area contributed by atoms with E-state index in [-0.39, 0.29) is 12.0 Å². The number of carbonyl (C=O) groups excluding carboxylic acids is 1. The third-order valence-corrected chi connectivity index (χ3v) is 4.50. The van der Waals surface area contributed by atoms with Gasteiger partial charge >= 0.3 is 0 Å². The van der Waals surface area contributed by atoms with Crippen LogP contribution in [-0.4, -0.2) is 31.8 Å². The Morgan fingerprint density at radius 2 is 2.16 bits per heavy atom. The van der Waals surface area contributed by atoms with Crippen molar-refractivity contribution in [1.29, 1.82) is 0 Å². The number of rotatable bonds is 5. The molecule has 25 heavy (non-hydrogen) atoms. The van der Waals surface area contributed by atoms with Gasteiger partial charge in [0.05, 0.1) is 12.7 Å². The Morgan fingerprint density at radius 3 is 3.04 bits per heavy atom. The van der Waals surface area contributed by atoms with E-state index in [0.29, 0.717) is 24.5 Å². The van der Waals surface area contributed by atoms with Gasteiger partial charge in [0.1, 0.15) is 18.1 Å². The molecule has 1 unspecified atom stereocenters. The van der Waals surface area contributed by atoms with Crippen molar-refractivity contribution in [2.24, 2.45) is 0 Å². The zero-order valence-corrected chi connectivity index (χ0v) is 14.0. The van der Waals surface area contributed by atoms with Crippen LogP contribution < -0.4 is 14.8 Å². The average molecular weight is 339 g/mol. The largest absolute Gasteiger partial charge is 0.493 e. The molecular weight excluding hydrogens is 318 g/mol. The predicted molar refractivity (Wildman–Crippen MR) is 94.5 cm³/mol. The minimum Gasteiger partial charge on any atom is -0.493 e. The van der Waals surface area contributed by atoms with Crippen LogP contribution in [0.1, 0.15) is 28.8 Å². The Hall–Kier alpha value is -2.53. The summed E-state index contributed by atoms with van der Waals surface area (Å²) in [5.74, 6) is 1.47. The van der Waals surface area contributed by atoms with E-state index in [4.69, 9.17) is 14.2 Å². The molecule has 5 nitrogen and oxygen atoms in total. The molecule has 2 aromatic rings. The Kier molecular flexibility index (Phi) is 4.57. The summed E-state index contributed by atoms with van der Waals surface area (Å²) in [5, 5.41) is 2.93. The molecule has 2 aliphatic heterocycles. The molecule has 0 bridgehead atoms. The molecule has 1 N–H and O–H groups in total. The molecule has 1 saturated heterocycles. The molecule has 2 aromatic carbocycles. The van der Waals surface area contributed by atoms with Gasteiger partial charge in [-0.25, -0.2) is 0 Å². The summed E-state index contributed by atoms with van der Waals surface area (Å²) in [7, 11) is 0. The van der Waals surface area contributed by atoms with Crippen molar-refractivity contribution in [2.45, 2.75) is 25.4 Å². The lowest BCUT2D eigenvalue weighted by Crippen LogP contribution is -2.16. The second kappa shape index (κ2) is 7.15. The highest BCUT2D eigenvalue weighted by atomic mass is 16.5. The minimum atomic E-state index is -0.133. The Bertz CT molecular complexity index is 768. The third-order valence-electron chi connectivity index (χ3n) is 4.50. The molecule has 0 spiro atoms. The highest BCUT2D eigenvalue weighted by Crippen LogP contribution is 2.26. The third kappa shape index (κ3) is 3.77. The Balaban J connectivity index is 1.39. The number of carbonyl (C=O) groups is 1. The van der Waals surface area contributed by atoms with E-state index >= 15 is 0 Å². The van der Waals surface area contributed by atoms with Crippen molar-refractivity contribution < 1.29 is 19.0 Å². The number of benzene rings is 2. The molecule has 4 rings (SSSR count). The minimum absolute atomic E-state index is 0.133. The van der Waals surface area contributed by atoms with Crippen LogP contribution in [0.25, 0.3) is 0 Å². The molecule has 130 valence electrons. The van der Waals surface area contributed by atoms with Crippen molar-refractivity contribution in [1.82, 2.24) is 0 Å². The van der Waals surface area contributed by atoms with Crippen molar-refractivity contribution in [3.8, 4) is 11.5 Å². The molecule has 0 aliphatic carbocycles. The number of amides is 1. The first-order valence-electron chi connectivity index (χ1n) is 8.69. The van der Waals surface area contributed by atoms with Crippen LogP contribution in [0.5, 0.6) is 11.5 Å². The van der Waals surface area contributed by atoms with E-state index in [2.05, 4.69) is 5.32 Å². The van der Waals surface area contributed by atoms with Crippen LogP contribution in [0.3, 0.4) is 0 Å². The van der Waals surface area contributed by atoms with Crippen LogP contribution >= 0.6 is 0 Å². The lowest BCUT2D eigenvalue weighted by molar-refractivity contribution is 0.0680. The highest BCUT2D eigenvalue weighted by molar-refractivity contribution is 6.04. The molecule has 1 atom stereocenters. The summed E-state index contributed by atoms with van der Waals surface area (Å²) in [6, 6.07) is 13.0. The van der Waals surface area contributed by atoms with Gasteiger partial charge in [-0.3, -0.25) is 4.79 Å². The predicted octanol–water partition coefficient (Wildman–Crippen LogP) is 3.43. The monoisotopic (exact) mass is 339 g/mol. The zero-order chi connectivity index (χ0) is 17.1. The van der Waals surface area contributed by atoms with Gasteiger partial charge in [0, 0.05) is 30.3 Å². The van der Waals surface area contributed by atoms with Gasteiger partial charge in [-0.2, -0.15) is 0 Å². The summed E-state index contributed by atoms with van der Waals surface area (Å²) in [6.07, 6.45) is 3.16. The number of anilines is 1. The fraction of sp³-hybridized carbons (Fsp3) is 0.350. The van der Waals surface area contributed by atoms with Crippen molar-refractivity contribution in [3.63, 3.8) is 0 Å². The number of ether oxygens (including phenoxy) is 3. The van der Waals surface area contributed by atoms with Gasteiger partial charge < -0.3 is 19.5 Å². The summed E-state index contributed by atoms with van der Waals surface area (Å²) in [6.45, 7) is 2.04. The molecule has 0 aromatic heterocycles. The number of hydrogen-bond donors (Lipinski definition) is 1. The van der Waals surface area contributed by atoms with Gasteiger partial charge in [0.2, 0.25) is 0 Å². The first-order chi connectivity index (χ1) is 12.3. The number of fused-ring (bicyclic) bond motifs is 1. The first kappa shape index (κ1) is 16.0. The van der Waals surface area contributed by atoms with Gasteiger partial charge in [0.25, 0.3) is 5.91 Å². The Labute approximate surface area is 146 Å². The molecule has 0 radical (unpaired) electrons. The van der Waals surface area contributed by atoms with Crippen LogP contribution in [0.4, 0.5) is 5.69 Å². The maximum absolute atomic E-state index is 12.5. The van der Waals surface area contributed by atoms with Crippen LogP contribution in [0, 0.1) is 0 Å². The molecule has 5 heteroatoms. The topological polar surface area (TPSA) is 56.8 Å². The summed E-state index contributed by atoms with van der Waals surface area (Å²) in [5.41, 5.74) is 2.43. The van der Waals surface area contributed by atoms with Crippen molar-refractivity contribution in [3.05, 3.63) is 53.6 Å². The fourth-order valence-electron chi connectivity index (χ4n) is 3.16. The van der Waals surface area contributed by atoms with Gasteiger partial charge in [-0.15, -0.1) is 0 Å². The smallest absolute Gasteiger partial charge is 0.255 e. The molecule has 0 saturated carbocycles. The molecule has 1 fully saturated rings. The highest BCUT2D eigenvalue weighted by Gasteiger charge is 2.17. The zero-order valence-electron chi connectivity index (χ0n) is 14.0. The quantitative estimate of drug-likeness (QED) is 0.907. The molecule has 2 aliphatic rings. The lowest BCUT2D eigenvalue weighted by Gasteiger charge is -2.12. The summed E-state index contributed by atoms with van der Waals surface area (Å²) in [4.78, 5) is 12.5. The second-order valence-corrected chi connectivity index (χ2v) is 6.35. The second-order valence-electron chi connectivity index (χ2n) is 6.35. The van der Waals surface area contributed by atoms with E-state index in [0.717, 1.165) is 42.9 Å². The van der Waals surface area contributed by atoms with Gasteiger partial charge in [0.15, 0.2) is 0 Å². The SMILES string of the molecule is O=C(Nc1cccc(OCC2CCCO2)c1)c1ccc2c(c1)CCO2. The van der Waals surface area contributed by atoms with E-state index < -0.39 is 0 Å². The maximum Gasteiger partial charge on any atom is 0.255 e. The Morgan fingerprint density at radius 1 is 1.20 bits per heavy atom. The van der Waals surface area contributed by atoms with Crippen molar-refractivity contribution in [2.75, 3.05) is 25.1 Å². The van der Waals surface area contributed by atoms with E-state index in [1.54, 1.807) is 6.07 Å². The number of nitrogens with one attached hydrogen (secondary N) is 1. The normalized spacial score (nSPS) is 18.5. The van der Waals surface area contributed by atoms with Gasteiger partial charge in [-0.05, 0) is 48.7 Å². The van der Waals surface area contributed by atoms with E-state index in [9.17, 15) is 4.79 Å². The van der Waals surface area contributed by atoms with Crippen LogP contribution in [-0.2, 0) is 11.2 Å². The standard InChI is InChI=1S/C20H21NO4/c22-20(15-6-7-19-14(11-15)8-10-24-19)21-16-3-1-4-17(12-16)25-13-18-5-2-9-23-18/h1,3-4,6-7,11-12,18H,2,5,8-10,13H2,(H,21,22). The van der Waals surface area contributed by atoms with E-state index in [1.807, 2.05) is 36.4 Å². The average Bonchev–Trinajstić information content (AvgIpc) is 3.31. The first-order valence-corrected chi connectivity index (χ1v) is 8.69. The number of hydrogen-bond acceptors (Lipinski definition) is 4. The molecular formula is C20H21NO4. The van der Waals surface area contributed by atoms with Crippen molar-refractivity contribution >= 4 is 11.6 Å². The van der Waals surface area contributed by atoms with Crippen LogP contribution in [0.2, 0.25) is 0 Å². The van der Waals surface area contributed by atoms with Gasteiger partial charge in [-0.1, -0.05) is 6.07 Å². The fourth-order valence-corrected chi connectivity index (χ4v) is 3.16. The maximum atomic E-state index is 12.5. The lowest BCUT2D eigenvalue weighted by atomic mass is 10.1. The van der Waals surface area contributed by atoms with Crippen LogP contribution in [0.15, 0.2) is 42.5 Å². The van der Waals surface area contributed by atoms with E-state index in [1.165, 1.54) is 0 Å². The molecule has 1 amide bonds.